The van der Waals surface area contributed by atoms with Crippen LogP contribution in [0.15, 0.2) is 60.8 Å². The molecule has 1 unspecified atom stereocenters. The summed E-state index contributed by atoms with van der Waals surface area (Å²) in [5.41, 5.74) is 12.0. The molecule has 206 valence electrons. The number of allylic oxidation sites excluding steroid dienone is 2. The molecule has 2 aromatic rings. The van der Waals surface area contributed by atoms with Gasteiger partial charge in [0.1, 0.15) is 0 Å². The van der Waals surface area contributed by atoms with Crippen molar-refractivity contribution in [2.75, 3.05) is 4.90 Å². The van der Waals surface area contributed by atoms with Crippen molar-refractivity contribution in [1.82, 2.24) is 0 Å². The number of anilines is 1. The fourth-order valence-electron chi connectivity index (χ4n) is 7.45. The maximum atomic E-state index is 4.86. The Morgan fingerprint density at radius 1 is 0.974 bits per heavy atom. The van der Waals surface area contributed by atoms with E-state index in [9.17, 15) is 0 Å². The highest BCUT2D eigenvalue weighted by atomic mass is 15.2. The van der Waals surface area contributed by atoms with Crippen molar-refractivity contribution in [2.45, 2.75) is 124 Å². The second-order valence-electron chi connectivity index (χ2n) is 12.5. The third-order valence-electron chi connectivity index (χ3n) is 9.76. The van der Waals surface area contributed by atoms with Gasteiger partial charge in [-0.1, -0.05) is 88.6 Å². The van der Waals surface area contributed by atoms with Gasteiger partial charge in [-0.2, -0.15) is 0 Å². The predicted molar refractivity (Wildman–Crippen MR) is 167 cm³/mol. The van der Waals surface area contributed by atoms with Gasteiger partial charge in [-0.05, 0) is 124 Å². The van der Waals surface area contributed by atoms with Crippen molar-refractivity contribution in [1.29, 1.82) is 0 Å². The van der Waals surface area contributed by atoms with Crippen molar-refractivity contribution < 1.29 is 0 Å². The maximum absolute atomic E-state index is 4.86. The minimum atomic E-state index is 0.364. The molecule has 0 amide bonds. The smallest absolute Gasteiger partial charge is 0.0446 e. The molecule has 1 fully saturated rings. The molecule has 1 nitrogen and oxygen atoms in total. The second-order valence-corrected chi connectivity index (χ2v) is 12.5. The Bertz CT molecular complexity index is 1090. The van der Waals surface area contributed by atoms with Crippen molar-refractivity contribution in [2.24, 2.45) is 11.8 Å². The van der Waals surface area contributed by atoms with E-state index in [0.717, 1.165) is 12.8 Å². The Hall–Kier alpha value is -2.28. The Balaban J connectivity index is 1.85. The molecule has 0 bridgehead atoms. The zero-order valence-corrected chi connectivity index (χ0v) is 25.1. The van der Waals surface area contributed by atoms with Gasteiger partial charge in [-0.3, -0.25) is 0 Å². The summed E-state index contributed by atoms with van der Waals surface area (Å²) < 4.78 is 0. The van der Waals surface area contributed by atoms with Crippen molar-refractivity contribution in [3.8, 4) is 0 Å². The first kappa shape index (κ1) is 28.7. The summed E-state index contributed by atoms with van der Waals surface area (Å²) in [6.07, 6.45) is 15.0. The monoisotopic (exact) mass is 511 g/mol. The highest BCUT2D eigenvalue weighted by Gasteiger charge is 2.31. The van der Waals surface area contributed by atoms with Crippen LogP contribution in [0, 0.1) is 18.8 Å². The Kier molecular flexibility index (Phi) is 9.97. The standard InChI is InChI=1S/C37H53N/c1-8-16-31(9-2)36-25-37(28(6)35-24-33(26(3)4)21-22-34(35)36)38(29(7)32-19-14-11-15-20-32)27(5)23-30-17-12-10-13-18-30/h10,12-13,17-18,25,27,31-33H,3,7-9,11,14-16,19-24H2,1-2,4-6H3/t27-,31-,33?/m1/s1. The van der Waals surface area contributed by atoms with Crippen LogP contribution in [0.4, 0.5) is 5.69 Å². The summed E-state index contributed by atoms with van der Waals surface area (Å²) in [4.78, 5) is 2.70. The van der Waals surface area contributed by atoms with Crippen LogP contribution in [-0.2, 0) is 19.3 Å². The van der Waals surface area contributed by atoms with Gasteiger partial charge in [0.25, 0.3) is 0 Å². The lowest BCUT2D eigenvalue weighted by Crippen LogP contribution is -2.38. The zero-order chi connectivity index (χ0) is 27.2. The largest absolute Gasteiger partial charge is 0.342 e. The minimum absolute atomic E-state index is 0.364. The fourth-order valence-corrected chi connectivity index (χ4v) is 7.45. The van der Waals surface area contributed by atoms with Crippen LogP contribution in [0.3, 0.4) is 0 Å². The number of fused-ring (bicyclic) bond motifs is 1. The van der Waals surface area contributed by atoms with E-state index in [0.29, 0.717) is 23.8 Å². The molecular formula is C37H53N. The Labute approximate surface area is 234 Å². The summed E-state index contributed by atoms with van der Waals surface area (Å²) in [6.45, 7) is 21.1. The highest BCUT2D eigenvalue weighted by molar-refractivity contribution is 5.66. The molecule has 1 saturated carbocycles. The first-order chi connectivity index (χ1) is 18.3. The second kappa shape index (κ2) is 13.2. The molecule has 2 aromatic carbocycles. The molecule has 0 aliphatic heterocycles. The molecule has 0 saturated heterocycles. The fraction of sp³-hybridized carbons (Fsp3) is 0.568. The molecule has 0 N–H and O–H groups in total. The third-order valence-corrected chi connectivity index (χ3v) is 9.76. The Morgan fingerprint density at radius 3 is 2.32 bits per heavy atom. The predicted octanol–water partition coefficient (Wildman–Crippen LogP) is 10.5. The van der Waals surface area contributed by atoms with Crippen LogP contribution in [-0.4, -0.2) is 6.04 Å². The lowest BCUT2D eigenvalue weighted by molar-refractivity contribution is 0.391. The molecule has 3 atom stereocenters. The third kappa shape index (κ3) is 6.30. The first-order valence-corrected chi connectivity index (χ1v) is 15.7. The van der Waals surface area contributed by atoms with Gasteiger partial charge in [-0.15, -0.1) is 0 Å². The molecule has 0 aromatic heterocycles. The lowest BCUT2D eigenvalue weighted by Gasteiger charge is -2.41. The number of hydrogen-bond acceptors (Lipinski definition) is 1. The van der Waals surface area contributed by atoms with Crippen molar-refractivity contribution in [3.05, 3.63) is 88.6 Å². The number of benzene rings is 2. The summed E-state index contributed by atoms with van der Waals surface area (Å²) in [5, 5.41) is 0. The molecule has 1 heteroatoms. The maximum Gasteiger partial charge on any atom is 0.0446 e. The van der Waals surface area contributed by atoms with E-state index in [1.807, 2.05) is 0 Å². The molecule has 4 rings (SSSR count). The lowest BCUT2D eigenvalue weighted by atomic mass is 9.74. The molecule has 38 heavy (non-hydrogen) atoms. The van der Waals surface area contributed by atoms with Crippen LogP contribution >= 0.6 is 0 Å². The molecule has 2 aliphatic rings. The van der Waals surface area contributed by atoms with Gasteiger partial charge in [-0.25, -0.2) is 0 Å². The van der Waals surface area contributed by atoms with E-state index in [2.05, 4.69) is 82.5 Å². The summed E-state index contributed by atoms with van der Waals surface area (Å²) in [5.74, 6) is 1.85. The van der Waals surface area contributed by atoms with Crippen LogP contribution in [0.25, 0.3) is 0 Å². The number of rotatable bonds is 11. The van der Waals surface area contributed by atoms with Crippen LogP contribution in [0.5, 0.6) is 0 Å². The highest BCUT2D eigenvalue weighted by Crippen LogP contribution is 2.44. The van der Waals surface area contributed by atoms with Crippen LogP contribution in [0.2, 0.25) is 0 Å². The Morgan fingerprint density at radius 2 is 1.68 bits per heavy atom. The first-order valence-electron chi connectivity index (χ1n) is 15.7. The van der Waals surface area contributed by atoms with Gasteiger partial charge in [0, 0.05) is 17.4 Å². The number of nitrogens with zero attached hydrogens (tertiary/aromatic N) is 1. The molecule has 0 radical (unpaired) electrons. The van der Waals surface area contributed by atoms with Gasteiger partial charge < -0.3 is 4.90 Å². The van der Waals surface area contributed by atoms with Crippen LogP contribution in [0.1, 0.15) is 119 Å². The van der Waals surface area contributed by atoms with E-state index < -0.39 is 0 Å². The average Bonchev–Trinajstić information content (AvgIpc) is 2.94. The van der Waals surface area contributed by atoms with E-state index in [1.54, 1.807) is 16.7 Å². The normalized spacial score (nSPS) is 19.4. The topological polar surface area (TPSA) is 3.24 Å². The zero-order valence-electron chi connectivity index (χ0n) is 25.1. The summed E-state index contributed by atoms with van der Waals surface area (Å²) in [6, 6.07) is 14.1. The molecular weight excluding hydrogens is 458 g/mol. The average molecular weight is 512 g/mol. The summed E-state index contributed by atoms with van der Waals surface area (Å²) in [7, 11) is 0. The summed E-state index contributed by atoms with van der Waals surface area (Å²) >= 11 is 0. The van der Waals surface area contributed by atoms with Gasteiger partial charge >= 0.3 is 0 Å². The van der Waals surface area contributed by atoms with E-state index >= 15 is 0 Å². The molecule has 2 aliphatic carbocycles. The van der Waals surface area contributed by atoms with Crippen molar-refractivity contribution in [3.63, 3.8) is 0 Å². The van der Waals surface area contributed by atoms with Gasteiger partial charge in [0.15, 0.2) is 0 Å². The van der Waals surface area contributed by atoms with Crippen molar-refractivity contribution >= 4 is 5.69 Å². The molecule has 0 heterocycles. The van der Waals surface area contributed by atoms with Crippen LogP contribution < -0.4 is 4.90 Å². The van der Waals surface area contributed by atoms with E-state index in [4.69, 9.17) is 6.58 Å². The van der Waals surface area contributed by atoms with Gasteiger partial charge in [0.05, 0.1) is 0 Å². The quantitative estimate of drug-likeness (QED) is 0.271. The molecule has 0 spiro atoms. The SMILES string of the molecule is C=C(C)C1CCc2c([C@H](CC)CCC)cc(N(C(=C)C3CCCCC3)[C@H](C)Cc3ccccc3)c(C)c2C1. The minimum Gasteiger partial charge on any atom is -0.342 e. The van der Waals surface area contributed by atoms with E-state index in [-0.39, 0.29) is 0 Å². The van der Waals surface area contributed by atoms with Gasteiger partial charge in [0.2, 0.25) is 0 Å². The van der Waals surface area contributed by atoms with E-state index in [1.165, 1.54) is 92.3 Å². The number of hydrogen-bond donors (Lipinski definition) is 0.